The van der Waals surface area contributed by atoms with Crippen molar-refractivity contribution in [3.63, 3.8) is 0 Å². The van der Waals surface area contributed by atoms with E-state index in [9.17, 15) is 0 Å². The van der Waals surface area contributed by atoms with Crippen LogP contribution < -0.4 is 0 Å². The van der Waals surface area contributed by atoms with Gasteiger partial charge in [-0.3, -0.25) is 0 Å². The first-order valence-corrected chi connectivity index (χ1v) is 7.57. The van der Waals surface area contributed by atoms with Gasteiger partial charge in [0.2, 0.25) is 0 Å². The summed E-state index contributed by atoms with van der Waals surface area (Å²) in [6.45, 7) is 5.85. The summed E-state index contributed by atoms with van der Waals surface area (Å²) in [5.41, 5.74) is 0.313. The topological polar surface area (TPSA) is 18.5 Å². The molecule has 0 spiro atoms. The Bertz CT molecular complexity index is 306. The molecule has 0 bridgehead atoms. The van der Waals surface area contributed by atoms with Crippen LogP contribution in [0.15, 0.2) is 12.2 Å². The molecule has 0 aromatic heterocycles. The van der Waals surface area contributed by atoms with Crippen LogP contribution in [0.4, 0.5) is 0 Å². The van der Waals surface area contributed by atoms with Crippen LogP contribution in [0.5, 0.6) is 0 Å². The predicted molar refractivity (Wildman–Crippen MR) is 72.4 cm³/mol. The summed E-state index contributed by atoms with van der Waals surface area (Å²) in [6.07, 6.45) is 11.7. The van der Waals surface area contributed by atoms with E-state index >= 15 is 0 Å². The Labute approximate surface area is 111 Å². The van der Waals surface area contributed by atoms with E-state index in [1.807, 2.05) is 0 Å². The van der Waals surface area contributed by atoms with Crippen LogP contribution >= 0.6 is 0 Å². The van der Waals surface area contributed by atoms with Crippen molar-refractivity contribution < 1.29 is 9.47 Å². The maximum Gasteiger partial charge on any atom is 0.0564 e. The molecule has 1 heterocycles. The van der Waals surface area contributed by atoms with E-state index in [0.717, 1.165) is 44.2 Å². The highest BCUT2D eigenvalue weighted by Crippen LogP contribution is 2.41. The van der Waals surface area contributed by atoms with E-state index < -0.39 is 0 Å². The van der Waals surface area contributed by atoms with E-state index in [-0.39, 0.29) is 0 Å². The van der Waals surface area contributed by atoms with Crippen LogP contribution in [0, 0.1) is 23.2 Å². The SMILES string of the molecule is CC1(COCCC2CCC3C=CCC3C2)COC1. The Morgan fingerprint density at radius 2 is 2.22 bits per heavy atom. The molecule has 2 heteroatoms. The second-order valence-electron chi connectivity index (χ2n) is 6.91. The molecule has 18 heavy (non-hydrogen) atoms. The molecule has 1 aliphatic heterocycles. The Morgan fingerprint density at radius 3 is 3.00 bits per heavy atom. The largest absolute Gasteiger partial charge is 0.381 e. The van der Waals surface area contributed by atoms with E-state index in [1.165, 1.54) is 32.1 Å². The van der Waals surface area contributed by atoms with Crippen LogP contribution in [0.1, 0.15) is 39.0 Å². The van der Waals surface area contributed by atoms with Crippen molar-refractivity contribution in [3.8, 4) is 0 Å². The average molecular weight is 250 g/mol. The average Bonchev–Trinajstić information content (AvgIpc) is 2.79. The zero-order valence-electron chi connectivity index (χ0n) is 11.6. The van der Waals surface area contributed by atoms with Crippen molar-refractivity contribution in [2.45, 2.75) is 39.0 Å². The van der Waals surface area contributed by atoms with Gasteiger partial charge in [-0.1, -0.05) is 19.1 Å². The summed E-state index contributed by atoms with van der Waals surface area (Å²) in [5, 5.41) is 0. The standard InChI is InChI=1S/C16H26O2/c1-16(11-18-12-16)10-17-8-7-13-5-6-14-3-2-4-15(14)9-13/h2-3,13-15H,4-12H2,1H3. The van der Waals surface area contributed by atoms with E-state index in [4.69, 9.17) is 9.47 Å². The number of hydrogen-bond donors (Lipinski definition) is 0. The normalized spacial score (nSPS) is 37.3. The molecule has 0 aromatic rings. The molecule has 0 N–H and O–H groups in total. The Hall–Kier alpha value is -0.340. The molecule has 0 aromatic carbocycles. The first-order chi connectivity index (χ1) is 8.75. The van der Waals surface area contributed by atoms with E-state index in [0.29, 0.717) is 5.41 Å². The summed E-state index contributed by atoms with van der Waals surface area (Å²) in [4.78, 5) is 0. The molecule has 2 nitrogen and oxygen atoms in total. The number of allylic oxidation sites excluding steroid dienone is 2. The lowest BCUT2D eigenvalue weighted by molar-refractivity contribution is -0.138. The van der Waals surface area contributed by atoms with Gasteiger partial charge in [-0.25, -0.2) is 0 Å². The lowest BCUT2D eigenvalue weighted by atomic mass is 9.75. The molecule has 1 saturated heterocycles. The molecule has 102 valence electrons. The highest BCUT2D eigenvalue weighted by atomic mass is 16.5. The third-order valence-electron chi connectivity index (χ3n) is 4.99. The zero-order valence-corrected chi connectivity index (χ0v) is 11.6. The summed E-state index contributed by atoms with van der Waals surface area (Å²) < 4.78 is 11.1. The van der Waals surface area contributed by atoms with Crippen molar-refractivity contribution in [1.82, 2.24) is 0 Å². The molecule has 2 fully saturated rings. The summed E-state index contributed by atoms with van der Waals surface area (Å²) >= 11 is 0. The van der Waals surface area contributed by atoms with Gasteiger partial charge in [0, 0.05) is 12.0 Å². The van der Waals surface area contributed by atoms with Gasteiger partial charge in [0.15, 0.2) is 0 Å². The maximum absolute atomic E-state index is 5.86. The third-order valence-corrected chi connectivity index (χ3v) is 4.99. The smallest absolute Gasteiger partial charge is 0.0564 e. The van der Waals surface area contributed by atoms with Crippen molar-refractivity contribution in [3.05, 3.63) is 12.2 Å². The Kier molecular flexibility index (Phi) is 3.76. The van der Waals surface area contributed by atoms with Crippen LogP contribution in [-0.4, -0.2) is 26.4 Å². The molecule has 0 amide bonds. The van der Waals surface area contributed by atoms with Gasteiger partial charge in [-0.2, -0.15) is 0 Å². The highest BCUT2D eigenvalue weighted by molar-refractivity contribution is 5.03. The van der Waals surface area contributed by atoms with Gasteiger partial charge in [0.05, 0.1) is 19.8 Å². The molecule has 3 aliphatic rings. The quantitative estimate of drug-likeness (QED) is 0.550. The molecule has 1 saturated carbocycles. The third kappa shape index (κ3) is 2.80. The highest BCUT2D eigenvalue weighted by Gasteiger charge is 2.34. The molecule has 3 atom stereocenters. The van der Waals surface area contributed by atoms with Crippen molar-refractivity contribution in [2.75, 3.05) is 26.4 Å². The van der Waals surface area contributed by atoms with Crippen LogP contribution in [0.25, 0.3) is 0 Å². The number of rotatable bonds is 5. The van der Waals surface area contributed by atoms with Crippen LogP contribution in [-0.2, 0) is 9.47 Å². The predicted octanol–water partition coefficient (Wildman–Crippen LogP) is 3.42. The van der Waals surface area contributed by atoms with E-state index in [2.05, 4.69) is 19.1 Å². The van der Waals surface area contributed by atoms with Crippen molar-refractivity contribution >= 4 is 0 Å². The van der Waals surface area contributed by atoms with E-state index in [1.54, 1.807) is 0 Å². The van der Waals surface area contributed by atoms with Gasteiger partial charge in [0.1, 0.15) is 0 Å². The molecule has 2 aliphatic carbocycles. The Balaban J connectivity index is 1.32. The van der Waals surface area contributed by atoms with Gasteiger partial charge >= 0.3 is 0 Å². The summed E-state index contributed by atoms with van der Waals surface area (Å²) in [5.74, 6) is 2.78. The summed E-state index contributed by atoms with van der Waals surface area (Å²) in [6, 6.07) is 0. The summed E-state index contributed by atoms with van der Waals surface area (Å²) in [7, 11) is 0. The van der Waals surface area contributed by atoms with Gasteiger partial charge in [0.25, 0.3) is 0 Å². The molecule has 3 unspecified atom stereocenters. The lowest BCUT2D eigenvalue weighted by Crippen LogP contribution is -2.43. The fraction of sp³-hybridized carbons (Fsp3) is 0.875. The van der Waals surface area contributed by atoms with Gasteiger partial charge < -0.3 is 9.47 Å². The number of fused-ring (bicyclic) bond motifs is 1. The number of ether oxygens (including phenoxy) is 2. The Morgan fingerprint density at radius 1 is 1.33 bits per heavy atom. The molecular weight excluding hydrogens is 224 g/mol. The van der Waals surface area contributed by atoms with Crippen molar-refractivity contribution in [2.24, 2.45) is 23.2 Å². The first-order valence-electron chi connectivity index (χ1n) is 7.57. The van der Waals surface area contributed by atoms with Gasteiger partial charge in [-0.05, 0) is 49.9 Å². The van der Waals surface area contributed by atoms with Crippen molar-refractivity contribution in [1.29, 1.82) is 0 Å². The zero-order chi connectivity index (χ0) is 12.4. The minimum absolute atomic E-state index is 0.313. The maximum atomic E-state index is 5.86. The minimum Gasteiger partial charge on any atom is -0.381 e. The lowest BCUT2D eigenvalue weighted by Gasteiger charge is -2.38. The number of hydrogen-bond acceptors (Lipinski definition) is 2. The van der Waals surface area contributed by atoms with Gasteiger partial charge in [-0.15, -0.1) is 0 Å². The fourth-order valence-corrected chi connectivity index (χ4v) is 3.70. The molecule has 3 rings (SSSR count). The monoisotopic (exact) mass is 250 g/mol. The fourth-order valence-electron chi connectivity index (χ4n) is 3.70. The molecule has 0 radical (unpaired) electrons. The first kappa shape index (κ1) is 12.7. The second-order valence-corrected chi connectivity index (χ2v) is 6.91. The molecular formula is C16H26O2. The second kappa shape index (κ2) is 5.34. The minimum atomic E-state index is 0.313. The van der Waals surface area contributed by atoms with Crippen LogP contribution in [0.2, 0.25) is 0 Å². The van der Waals surface area contributed by atoms with Crippen LogP contribution in [0.3, 0.4) is 0 Å².